The van der Waals surface area contributed by atoms with Gasteiger partial charge in [0.2, 0.25) is 5.91 Å². The highest BCUT2D eigenvalue weighted by Gasteiger charge is 2.32. The summed E-state index contributed by atoms with van der Waals surface area (Å²) in [5.41, 5.74) is 2.52. The van der Waals surface area contributed by atoms with Gasteiger partial charge in [-0.05, 0) is 68.9 Å². The summed E-state index contributed by atoms with van der Waals surface area (Å²) >= 11 is 3.48. The summed E-state index contributed by atoms with van der Waals surface area (Å²) in [5.74, 6) is 0.304. The molecule has 2 aromatic rings. The lowest BCUT2D eigenvalue weighted by Gasteiger charge is -2.24. The summed E-state index contributed by atoms with van der Waals surface area (Å²) in [5, 5.41) is 3.13. The Labute approximate surface area is 199 Å². The molecular weight excluding hydrogens is 470 g/mol. The van der Waals surface area contributed by atoms with Crippen molar-refractivity contribution < 1.29 is 19.1 Å². The lowest BCUT2D eigenvalue weighted by Crippen LogP contribution is -2.28. The molecule has 3 rings (SSSR count). The van der Waals surface area contributed by atoms with E-state index in [1.54, 1.807) is 13.0 Å². The van der Waals surface area contributed by atoms with E-state index in [1.165, 1.54) is 12.8 Å². The van der Waals surface area contributed by atoms with Gasteiger partial charge in [0, 0.05) is 15.7 Å². The Morgan fingerprint density at radius 1 is 1.12 bits per heavy atom. The Bertz CT molecular complexity index is 922. The number of hydrogen-bond donors (Lipinski definition) is 1. The van der Waals surface area contributed by atoms with Crippen LogP contribution in [0.2, 0.25) is 0 Å². The minimum atomic E-state index is -0.722. The van der Waals surface area contributed by atoms with Gasteiger partial charge in [-0.25, -0.2) is 4.79 Å². The Morgan fingerprint density at radius 2 is 1.81 bits per heavy atom. The molecule has 2 atom stereocenters. The SMILES string of the molecule is CCCOC(=O)C(C)Oc1cccc(NC(=O)C(c2ccc(Br)cc2)C2CCCC2)c1C. The summed E-state index contributed by atoms with van der Waals surface area (Å²) in [6, 6.07) is 13.5. The molecule has 1 N–H and O–H groups in total. The van der Waals surface area contributed by atoms with Gasteiger partial charge in [-0.1, -0.05) is 53.9 Å². The van der Waals surface area contributed by atoms with Gasteiger partial charge in [-0.2, -0.15) is 0 Å². The van der Waals surface area contributed by atoms with Crippen molar-refractivity contribution in [1.82, 2.24) is 0 Å². The fraction of sp³-hybridized carbons (Fsp3) is 0.462. The third-order valence-corrected chi connectivity index (χ3v) is 6.54. The molecule has 0 bridgehead atoms. The number of esters is 1. The van der Waals surface area contributed by atoms with E-state index >= 15 is 0 Å². The van der Waals surface area contributed by atoms with Gasteiger partial charge < -0.3 is 14.8 Å². The molecule has 0 aromatic heterocycles. The second kappa shape index (κ2) is 11.5. The first-order valence-electron chi connectivity index (χ1n) is 11.4. The van der Waals surface area contributed by atoms with Crippen LogP contribution in [0, 0.1) is 12.8 Å². The first-order chi connectivity index (χ1) is 15.4. The van der Waals surface area contributed by atoms with Gasteiger partial charge >= 0.3 is 5.97 Å². The Morgan fingerprint density at radius 3 is 2.47 bits per heavy atom. The molecule has 0 spiro atoms. The van der Waals surface area contributed by atoms with Crippen molar-refractivity contribution in [3.63, 3.8) is 0 Å². The summed E-state index contributed by atoms with van der Waals surface area (Å²) in [6.45, 7) is 5.88. The van der Waals surface area contributed by atoms with Crippen molar-refractivity contribution in [2.45, 2.75) is 64.9 Å². The van der Waals surface area contributed by atoms with Crippen LogP contribution in [-0.4, -0.2) is 24.6 Å². The minimum absolute atomic E-state index is 0.00474. The number of nitrogens with one attached hydrogen (secondary N) is 1. The van der Waals surface area contributed by atoms with Gasteiger partial charge in [0.05, 0.1) is 12.5 Å². The van der Waals surface area contributed by atoms with Crippen molar-refractivity contribution in [1.29, 1.82) is 0 Å². The second-order valence-electron chi connectivity index (χ2n) is 8.42. The Hall–Kier alpha value is -2.34. The number of carbonyl (C=O) groups is 2. The highest BCUT2D eigenvalue weighted by Crippen LogP contribution is 2.39. The maximum absolute atomic E-state index is 13.5. The zero-order valence-corrected chi connectivity index (χ0v) is 20.6. The van der Waals surface area contributed by atoms with E-state index in [1.807, 2.05) is 50.2 Å². The van der Waals surface area contributed by atoms with Crippen LogP contribution in [0.5, 0.6) is 5.75 Å². The maximum Gasteiger partial charge on any atom is 0.347 e. The molecule has 1 aliphatic rings. The topological polar surface area (TPSA) is 64.6 Å². The standard InChI is InChI=1S/C26H32BrNO4/c1-4-16-31-26(30)18(3)32-23-11-7-10-22(17(23)2)28-25(29)24(19-8-5-6-9-19)20-12-14-21(27)15-13-20/h7,10-15,18-19,24H,4-6,8-9,16H2,1-3H3,(H,28,29). The van der Waals surface area contributed by atoms with Crippen molar-refractivity contribution >= 4 is 33.5 Å². The molecule has 2 aromatic carbocycles. The number of amides is 1. The van der Waals surface area contributed by atoms with Crippen LogP contribution < -0.4 is 10.1 Å². The first kappa shape index (κ1) is 24.3. The summed E-state index contributed by atoms with van der Waals surface area (Å²) in [7, 11) is 0. The monoisotopic (exact) mass is 501 g/mol. The molecule has 172 valence electrons. The molecule has 0 aliphatic heterocycles. The van der Waals surface area contributed by atoms with Crippen LogP contribution in [0.15, 0.2) is 46.9 Å². The summed E-state index contributed by atoms with van der Waals surface area (Å²) < 4.78 is 12.0. The molecule has 0 saturated heterocycles. The summed E-state index contributed by atoms with van der Waals surface area (Å²) in [4.78, 5) is 25.5. The van der Waals surface area contributed by atoms with Crippen LogP contribution in [0.25, 0.3) is 0 Å². The number of rotatable bonds is 9. The highest BCUT2D eigenvalue weighted by molar-refractivity contribution is 9.10. The van der Waals surface area contributed by atoms with Gasteiger partial charge in [-0.3, -0.25) is 4.79 Å². The van der Waals surface area contributed by atoms with Gasteiger partial charge in [0.1, 0.15) is 5.75 Å². The van der Waals surface area contributed by atoms with Crippen LogP contribution in [0.3, 0.4) is 0 Å². The van der Waals surface area contributed by atoms with Crippen LogP contribution in [0.4, 0.5) is 5.69 Å². The van der Waals surface area contributed by atoms with Crippen LogP contribution >= 0.6 is 15.9 Å². The average Bonchev–Trinajstić information content (AvgIpc) is 3.30. The molecule has 1 amide bonds. The molecular formula is C26H32BrNO4. The van der Waals surface area contributed by atoms with E-state index in [0.717, 1.165) is 34.9 Å². The number of hydrogen-bond acceptors (Lipinski definition) is 4. The lowest BCUT2D eigenvalue weighted by atomic mass is 9.84. The predicted molar refractivity (Wildman–Crippen MR) is 130 cm³/mol. The van der Waals surface area contributed by atoms with Gasteiger partial charge in [-0.15, -0.1) is 0 Å². The zero-order chi connectivity index (χ0) is 23.1. The van der Waals surface area contributed by atoms with E-state index in [9.17, 15) is 9.59 Å². The minimum Gasteiger partial charge on any atom is -0.479 e. The second-order valence-corrected chi connectivity index (χ2v) is 9.33. The first-order valence-corrected chi connectivity index (χ1v) is 12.2. The molecule has 0 heterocycles. The van der Waals surface area contributed by atoms with E-state index in [2.05, 4.69) is 21.2 Å². The van der Waals surface area contributed by atoms with E-state index in [-0.39, 0.29) is 11.8 Å². The van der Waals surface area contributed by atoms with E-state index in [0.29, 0.717) is 24.0 Å². The van der Waals surface area contributed by atoms with E-state index < -0.39 is 12.1 Å². The van der Waals surface area contributed by atoms with Crippen molar-refractivity contribution in [3.05, 3.63) is 58.1 Å². The van der Waals surface area contributed by atoms with Crippen molar-refractivity contribution in [2.24, 2.45) is 5.92 Å². The third-order valence-electron chi connectivity index (χ3n) is 6.01. The van der Waals surface area contributed by atoms with E-state index in [4.69, 9.17) is 9.47 Å². The lowest BCUT2D eigenvalue weighted by molar-refractivity contribution is -0.151. The Balaban J connectivity index is 1.77. The molecule has 1 fully saturated rings. The molecule has 6 heteroatoms. The zero-order valence-electron chi connectivity index (χ0n) is 19.0. The number of benzene rings is 2. The smallest absolute Gasteiger partial charge is 0.347 e. The molecule has 32 heavy (non-hydrogen) atoms. The van der Waals surface area contributed by atoms with Gasteiger partial charge in [0.25, 0.3) is 0 Å². The number of carbonyl (C=O) groups excluding carboxylic acids is 2. The molecule has 1 saturated carbocycles. The Kier molecular flexibility index (Phi) is 8.74. The average molecular weight is 502 g/mol. The predicted octanol–water partition coefficient (Wildman–Crippen LogP) is 6.39. The molecule has 0 radical (unpaired) electrons. The van der Waals surface area contributed by atoms with Crippen LogP contribution in [0.1, 0.15) is 63.0 Å². The largest absolute Gasteiger partial charge is 0.479 e. The summed E-state index contributed by atoms with van der Waals surface area (Å²) in [6.07, 6.45) is 4.50. The fourth-order valence-electron chi connectivity index (χ4n) is 4.25. The normalized spacial score (nSPS) is 15.8. The molecule has 5 nitrogen and oxygen atoms in total. The fourth-order valence-corrected chi connectivity index (χ4v) is 4.51. The van der Waals surface area contributed by atoms with Gasteiger partial charge in [0.15, 0.2) is 6.10 Å². The highest BCUT2D eigenvalue weighted by atomic mass is 79.9. The number of halogens is 1. The maximum atomic E-state index is 13.5. The quantitative estimate of drug-likeness (QED) is 0.404. The van der Waals surface area contributed by atoms with Crippen molar-refractivity contribution in [3.8, 4) is 5.75 Å². The van der Waals surface area contributed by atoms with Crippen LogP contribution in [-0.2, 0) is 14.3 Å². The number of ether oxygens (including phenoxy) is 2. The molecule has 2 unspecified atom stereocenters. The molecule has 1 aliphatic carbocycles. The number of anilines is 1. The van der Waals surface area contributed by atoms with Crippen molar-refractivity contribution in [2.75, 3.05) is 11.9 Å². The third kappa shape index (κ3) is 6.12.